The molecule has 1 aromatic heterocycles. The number of nitrogens with zero attached hydrogens (tertiary/aromatic N) is 2. The van der Waals surface area contributed by atoms with E-state index >= 15 is 0 Å². The highest BCUT2D eigenvalue weighted by atomic mass is 35.5. The van der Waals surface area contributed by atoms with E-state index < -0.39 is 5.41 Å². The van der Waals surface area contributed by atoms with E-state index in [9.17, 15) is 4.79 Å². The van der Waals surface area contributed by atoms with Crippen molar-refractivity contribution in [1.29, 1.82) is 0 Å². The van der Waals surface area contributed by atoms with E-state index in [-0.39, 0.29) is 36.8 Å². The number of halogens is 2. The third-order valence-electron chi connectivity index (χ3n) is 4.28. The molecule has 1 aliphatic rings. The van der Waals surface area contributed by atoms with Gasteiger partial charge in [0.2, 0.25) is 5.91 Å². The van der Waals surface area contributed by atoms with Gasteiger partial charge in [0.05, 0.1) is 18.6 Å². The molecular formula is C14H25Cl2N3O2S. The molecule has 1 atom stereocenters. The minimum atomic E-state index is -0.426. The Morgan fingerprint density at radius 1 is 1.50 bits per heavy atom. The summed E-state index contributed by atoms with van der Waals surface area (Å²) in [7, 11) is 0. The minimum Gasteiger partial charge on any atom is -0.367 e. The van der Waals surface area contributed by atoms with Crippen molar-refractivity contribution in [3.63, 3.8) is 0 Å². The summed E-state index contributed by atoms with van der Waals surface area (Å²) >= 11 is 1.57. The Hall–Kier alpha value is -0.400. The smallest absolute Gasteiger partial charge is 0.230 e. The topological polar surface area (TPSA) is 68.5 Å². The molecule has 0 saturated carbocycles. The zero-order valence-electron chi connectivity index (χ0n) is 13.0. The molecule has 2 N–H and O–H groups in total. The largest absolute Gasteiger partial charge is 0.367 e. The van der Waals surface area contributed by atoms with Gasteiger partial charge in [0.15, 0.2) is 0 Å². The highest BCUT2D eigenvalue weighted by molar-refractivity contribution is 7.09. The molecule has 1 amide bonds. The molecular weight excluding hydrogens is 345 g/mol. The Morgan fingerprint density at radius 3 is 2.68 bits per heavy atom. The zero-order valence-corrected chi connectivity index (χ0v) is 15.4. The fourth-order valence-corrected chi connectivity index (χ4v) is 3.32. The van der Waals surface area contributed by atoms with Gasteiger partial charge in [0.25, 0.3) is 0 Å². The van der Waals surface area contributed by atoms with Crippen LogP contribution in [0.2, 0.25) is 0 Å². The van der Waals surface area contributed by atoms with Gasteiger partial charge in [0, 0.05) is 24.7 Å². The molecule has 1 aliphatic heterocycles. The molecule has 0 radical (unpaired) electrons. The number of rotatable bonds is 5. The van der Waals surface area contributed by atoms with Crippen molar-refractivity contribution in [2.45, 2.75) is 32.8 Å². The first-order chi connectivity index (χ1) is 9.66. The molecule has 2 heterocycles. The number of nitrogens with two attached hydrogens (primary N) is 1. The molecule has 1 aromatic rings. The van der Waals surface area contributed by atoms with Crippen LogP contribution in [-0.2, 0) is 9.53 Å². The van der Waals surface area contributed by atoms with Crippen molar-refractivity contribution in [2.75, 3.05) is 26.2 Å². The molecule has 1 saturated heterocycles. The summed E-state index contributed by atoms with van der Waals surface area (Å²) < 4.78 is 5.74. The quantitative estimate of drug-likeness (QED) is 0.865. The highest BCUT2D eigenvalue weighted by Crippen LogP contribution is 2.31. The second-order valence-corrected chi connectivity index (χ2v) is 6.10. The lowest BCUT2D eigenvalue weighted by Crippen LogP contribution is -2.51. The molecule has 128 valence electrons. The maximum absolute atomic E-state index is 12.8. The molecule has 1 unspecified atom stereocenters. The molecule has 8 heteroatoms. The number of hydrogen-bond acceptors (Lipinski definition) is 5. The van der Waals surface area contributed by atoms with Gasteiger partial charge in [-0.05, 0) is 12.8 Å². The lowest BCUT2D eigenvalue weighted by Gasteiger charge is -2.39. The van der Waals surface area contributed by atoms with E-state index in [1.807, 2.05) is 24.1 Å². The summed E-state index contributed by atoms with van der Waals surface area (Å²) in [5.74, 6) is 0.162. The van der Waals surface area contributed by atoms with Crippen LogP contribution in [0, 0.1) is 5.41 Å². The van der Waals surface area contributed by atoms with Crippen LogP contribution in [0.25, 0.3) is 0 Å². The Bertz CT molecular complexity index is 433. The third-order valence-corrected chi connectivity index (χ3v) is 5.15. The van der Waals surface area contributed by atoms with Gasteiger partial charge in [-0.25, -0.2) is 4.98 Å². The monoisotopic (exact) mass is 369 g/mol. The van der Waals surface area contributed by atoms with Gasteiger partial charge in [-0.2, -0.15) is 0 Å². The molecule has 0 aromatic carbocycles. The van der Waals surface area contributed by atoms with Gasteiger partial charge in [-0.1, -0.05) is 13.8 Å². The van der Waals surface area contributed by atoms with Crippen LogP contribution in [0.3, 0.4) is 0 Å². The number of morpholine rings is 1. The fourth-order valence-electron chi connectivity index (χ4n) is 2.64. The predicted molar refractivity (Wildman–Crippen MR) is 94.0 cm³/mol. The molecule has 0 aliphatic carbocycles. The average Bonchev–Trinajstić information content (AvgIpc) is 3.04. The van der Waals surface area contributed by atoms with Gasteiger partial charge in [-0.15, -0.1) is 36.2 Å². The van der Waals surface area contributed by atoms with E-state index in [1.54, 1.807) is 17.5 Å². The lowest BCUT2D eigenvalue weighted by molar-refractivity contribution is -0.150. The summed E-state index contributed by atoms with van der Waals surface area (Å²) in [6, 6.07) is 0. The summed E-state index contributed by atoms with van der Waals surface area (Å²) in [5, 5.41) is 2.87. The van der Waals surface area contributed by atoms with Crippen molar-refractivity contribution >= 4 is 42.1 Å². The van der Waals surface area contributed by atoms with Crippen molar-refractivity contribution in [1.82, 2.24) is 9.88 Å². The first kappa shape index (κ1) is 21.6. The summed E-state index contributed by atoms with van der Waals surface area (Å²) in [5.41, 5.74) is 5.45. The minimum absolute atomic E-state index is 0. The van der Waals surface area contributed by atoms with E-state index in [1.165, 1.54) is 0 Å². The first-order valence-corrected chi connectivity index (χ1v) is 8.05. The van der Waals surface area contributed by atoms with Gasteiger partial charge in [-0.3, -0.25) is 4.79 Å². The SMILES string of the molecule is CCC(CC)(CN)C(=O)N1CCOC(c2nccs2)C1.Cl.Cl. The molecule has 1 fully saturated rings. The van der Waals surface area contributed by atoms with E-state index in [0.29, 0.717) is 26.2 Å². The van der Waals surface area contributed by atoms with Crippen LogP contribution in [0.15, 0.2) is 11.6 Å². The van der Waals surface area contributed by atoms with Crippen LogP contribution < -0.4 is 5.73 Å². The second kappa shape index (κ2) is 9.67. The number of carbonyl (C=O) groups excluding carboxylic acids is 1. The highest BCUT2D eigenvalue weighted by Gasteiger charge is 2.39. The van der Waals surface area contributed by atoms with Gasteiger partial charge >= 0.3 is 0 Å². The molecule has 5 nitrogen and oxygen atoms in total. The van der Waals surface area contributed by atoms with Crippen molar-refractivity contribution in [3.8, 4) is 0 Å². The van der Waals surface area contributed by atoms with E-state index in [0.717, 1.165) is 17.8 Å². The lowest BCUT2D eigenvalue weighted by atomic mass is 9.80. The second-order valence-electron chi connectivity index (χ2n) is 5.17. The van der Waals surface area contributed by atoms with Crippen molar-refractivity contribution in [3.05, 3.63) is 16.6 Å². The maximum Gasteiger partial charge on any atom is 0.230 e. The van der Waals surface area contributed by atoms with Crippen molar-refractivity contribution < 1.29 is 9.53 Å². The van der Waals surface area contributed by atoms with Crippen LogP contribution in [0.1, 0.15) is 37.8 Å². The Balaban J connectivity index is 0.00000220. The Labute approximate surface area is 148 Å². The zero-order chi connectivity index (χ0) is 14.6. The number of aromatic nitrogens is 1. The normalized spacial score (nSPS) is 18.3. The van der Waals surface area contributed by atoms with Crippen LogP contribution in [-0.4, -0.2) is 42.0 Å². The van der Waals surface area contributed by atoms with Gasteiger partial charge < -0.3 is 15.4 Å². The molecule has 2 rings (SSSR count). The Kier molecular flexibility index (Phi) is 9.50. The van der Waals surface area contributed by atoms with Crippen LogP contribution >= 0.6 is 36.2 Å². The van der Waals surface area contributed by atoms with Crippen LogP contribution in [0.5, 0.6) is 0 Å². The standard InChI is InChI=1S/C14H23N3O2S.2ClH/c1-3-14(4-2,10-15)13(18)17-6-7-19-11(9-17)12-16-5-8-20-12;;/h5,8,11H,3-4,6-7,9-10,15H2,1-2H3;2*1H. The summed E-state index contributed by atoms with van der Waals surface area (Å²) in [4.78, 5) is 19.0. The number of carbonyl (C=O) groups is 1. The number of ether oxygens (including phenoxy) is 1. The third kappa shape index (κ3) is 4.32. The average molecular weight is 370 g/mol. The van der Waals surface area contributed by atoms with E-state index in [4.69, 9.17) is 10.5 Å². The van der Waals surface area contributed by atoms with E-state index in [2.05, 4.69) is 4.98 Å². The van der Waals surface area contributed by atoms with Crippen molar-refractivity contribution in [2.24, 2.45) is 11.1 Å². The predicted octanol–water partition coefficient (Wildman–Crippen LogP) is 2.65. The summed E-state index contributed by atoms with van der Waals surface area (Å²) in [6.07, 6.45) is 3.22. The van der Waals surface area contributed by atoms with Gasteiger partial charge in [0.1, 0.15) is 11.1 Å². The maximum atomic E-state index is 12.8. The Morgan fingerprint density at radius 2 is 2.18 bits per heavy atom. The first-order valence-electron chi connectivity index (χ1n) is 7.17. The summed E-state index contributed by atoms with van der Waals surface area (Å²) in [6.45, 7) is 6.25. The number of thiazole rings is 1. The molecule has 0 spiro atoms. The molecule has 0 bridgehead atoms. The molecule has 22 heavy (non-hydrogen) atoms. The van der Waals surface area contributed by atoms with Crippen LogP contribution in [0.4, 0.5) is 0 Å². The number of amides is 1. The fraction of sp³-hybridized carbons (Fsp3) is 0.714. The number of hydrogen-bond donors (Lipinski definition) is 1.